The summed E-state index contributed by atoms with van der Waals surface area (Å²) in [5.41, 5.74) is 1.24. The van der Waals surface area contributed by atoms with Crippen LogP contribution < -0.4 is 25.7 Å². The highest BCUT2D eigenvalue weighted by molar-refractivity contribution is 7.53. The van der Waals surface area contributed by atoms with Crippen molar-refractivity contribution in [1.82, 2.24) is 24.4 Å². The molecule has 224 valence electrons. The number of hydrogen-bond acceptors (Lipinski definition) is 8. The quantitative estimate of drug-likeness (QED) is 0.190. The van der Waals surface area contributed by atoms with Gasteiger partial charge in [0.05, 0.1) is 42.5 Å². The van der Waals surface area contributed by atoms with Crippen LogP contribution in [0.15, 0.2) is 53.6 Å². The van der Waals surface area contributed by atoms with Gasteiger partial charge in [0.25, 0.3) is 5.91 Å². The molecule has 0 bridgehead atoms. The van der Waals surface area contributed by atoms with Gasteiger partial charge in [-0.2, -0.15) is 0 Å². The number of benzene rings is 1. The minimum absolute atomic E-state index is 0.0800. The molecule has 2 atom stereocenters. The fourth-order valence-electron chi connectivity index (χ4n) is 5.47. The lowest BCUT2D eigenvalue weighted by Gasteiger charge is -2.12. The number of amides is 1. The monoisotopic (exact) mass is 603 g/mol. The van der Waals surface area contributed by atoms with Gasteiger partial charge in [0.2, 0.25) is 7.70 Å². The molecule has 3 aromatic heterocycles. The summed E-state index contributed by atoms with van der Waals surface area (Å²) >= 11 is 0. The highest BCUT2D eigenvalue weighted by atomic mass is 31.1. The van der Waals surface area contributed by atoms with Crippen LogP contribution in [0.1, 0.15) is 41.7 Å². The molecule has 2 unspecified atom stereocenters. The van der Waals surface area contributed by atoms with Crippen molar-refractivity contribution in [1.29, 1.82) is 0 Å². The van der Waals surface area contributed by atoms with Gasteiger partial charge in [-0.1, -0.05) is 4.45 Å². The second kappa shape index (κ2) is 11.9. The first-order valence-corrected chi connectivity index (χ1v) is 16.3. The van der Waals surface area contributed by atoms with Crippen LogP contribution >= 0.6 is 7.70 Å². The van der Waals surface area contributed by atoms with Crippen LogP contribution in [-0.4, -0.2) is 69.4 Å². The molecule has 2 N–H and O–H groups in total. The lowest BCUT2D eigenvalue weighted by molar-refractivity contribution is 0.0887. The van der Waals surface area contributed by atoms with Gasteiger partial charge in [0.15, 0.2) is 0 Å². The normalized spacial score (nSPS) is 17.3. The number of hydrogen-bond donors (Lipinski definition) is 2. The summed E-state index contributed by atoms with van der Waals surface area (Å²) in [6.45, 7) is 5.90. The molecule has 4 aromatic rings. The molecular weight excluding hydrogens is 567 g/mol. The molecule has 1 aromatic carbocycles. The molecule has 4 heterocycles. The Morgan fingerprint density at radius 3 is 2.72 bits per heavy atom. The number of anilines is 1. The molecular formula is C31H36N6O5P+. The van der Waals surface area contributed by atoms with Crippen LogP contribution in [0.5, 0.6) is 17.2 Å². The van der Waals surface area contributed by atoms with Gasteiger partial charge in [-0.3, -0.25) is 19.3 Å². The van der Waals surface area contributed by atoms with Crippen LogP contribution in [0.3, 0.4) is 0 Å². The molecule has 1 aliphatic carbocycles. The van der Waals surface area contributed by atoms with Gasteiger partial charge in [0.1, 0.15) is 35.3 Å². The van der Waals surface area contributed by atoms with Gasteiger partial charge in [0, 0.05) is 30.7 Å². The third-order valence-electron chi connectivity index (χ3n) is 8.00. The molecule has 2 aliphatic rings. The van der Waals surface area contributed by atoms with Gasteiger partial charge in [-0.15, -0.1) is 0 Å². The predicted octanol–water partition coefficient (Wildman–Crippen LogP) is 4.47. The maximum atomic E-state index is 12.9. The van der Waals surface area contributed by atoms with Gasteiger partial charge >= 0.3 is 5.56 Å². The Morgan fingerprint density at radius 1 is 1.21 bits per heavy atom. The van der Waals surface area contributed by atoms with E-state index in [2.05, 4.69) is 26.9 Å². The smallest absolute Gasteiger partial charge is 0.321 e. The summed E-state index contributed by atoms with van der Waals surface area (Å²) in [4.78, 5) is 34.5. The van der Waals surface area contributed by atoms with Crippen molar-refractivity contribution >= 4 is 36.6 Å². The molecule has 1 aliphatic heterocycles. The molecule has 1 amide bonds. The van der Waals surface area contributed by atoms with E-state index >= 15 is 0 Å². The molecule has 1 spiro atoms. The van der Waals surface area contributed by atoms with Crippen molar-refractivity contribution < 1.29 is 19.0 Å². The van der Waals surface area contributed by atoms with E-state index in [0.717, 1.165) is 42.6 Å². The van der Waals surface area contributed by atoms with Crippen LogP contribution in [-0.2, 0) is 11.8 Å². The van der Waals surface area contributed by atoms with E-state index in [1.54, 1.807) is 43.0 Å². The Balaban J connectivity index is 1.04. The first-order valence-electron chi connectivity index (χ1n) is 14.4. The summed E-state index contributed by atoms with van der Waals surface area (Å²) in [5, 5.41) is 7.13. The molecule has 1 saturated heterocycles. The molecule has 1 saturated carbocycles. The minimum Gasteiger partial charge on any atom is -0.493 e. The first-order chi connectivity index (χ1) is 20.7. The molecule has 6 rings (SSSR count). The van der Waals surface area contributed by atoms with Crippen LogP contribution in [0, 0.1) is 6.92 Å². The third kappa shape index (κ3) is 6.20. The second-order valence-corrected chi connectivity index (χ2v) is 12.9. The van der Waals surface area contributed by atoms with Crippen molar-refractivity contribution in [2.75, 3.05) is 31.7 Å². The van der Waals surface area contributed by atoms with E-state index < -0.39 is 13.6 Å². The summed E-state index contributed by atoms with van der Waals surface area (Å²) in [5.74, 6) is 1.66. The van der Waals surface area contributed by atoms with Gasteiger partial charge < -0.3 is 24.8 Å². The van der Waals surface area contributed by atoms with Crippen LogP contribution in [0.2, 0.25) is 0 Å². The van der Waals surface area contributed by atoms with Crippen molar-refractivity contribution in [3.8, 4) is 17.2 Å². The Bertz CT molecular complexity index is 1740. The SMILES string of the molecule is C=[P+](C)n1c(=O)c(C(=O)Nc2ccc(Oc3ccnc4cc(OCCCNC5COC6(CC6)C5)ccc34)cn2)c(C)n1C. The summed E-state index contributed by atoms with van der Waals surface area (Å²) in [7, 11) is 0.764. The lowest BCUT2D eigenvalue weighted by Crippen LogP contribution is -2.31. The number of nitrogens with one attached hydrogen (secondary N) is 2. The van der Waals surface area contributed by atoms with E-state index in [-0.39, 0.29) is 16.7 Å². The Kier molecular flexibility index (Phi) is 8.05. The van der Waals surface area contributed by atoms with E-state index in [4.69, 9.17) is 14.2 Å². The lowest BCUT2D eigenvalue weighted by atomic mass is 10.1. The number of carbonyl (C=O) groups is 1. The topological polar surface area (TPSA) is 122 Å². The van der Waals surface area contributed by atoms with E-state index in [1.165, 1.54) is 23.5 Å². The molecule has 43 heavy (non-hydrogen) atoms. The van der Waals surface area contributed by atoms with Crippen LogP contribution in [0.4, 0.5) is 5.82 Å². The maximum Gasteiger partial charge on any atom is 0.321 e. The average Bonchev–Trinajstić information content (AvgIpc) is 3.55. The third-order valence-corrected chi connectivity index (χ3v) is 9.09. The zero-order valence-corrected chi connectivity index (χ0v) is 25.5. The van der Waals surface area contributed by atoms with Crippen LogP contribution in [0.25, 0.3) is 10.9 Å². The van der Waals surface area contributed by atoms with Crippen molar-refractivity contribution in [2.24, 2.45) is 7.05 Å². The fourth-order valence-corrected chi connectivity index (χ4v) is 6.48. The number of nitrogens with zero attached hydrogens (tertiary/aromatic N) is 4. The summed E-state index contributed by atoms with van der Waals surface area (Å²) < 4.78 is 21.1. The standard InChI is InChI=1S/C31H35N6O5P/c1-20-28(30(39)37(36(20)2)43(3)4)29(38)35-27-9-7-23(18-34-27)42-26-10-14-33-25-16-22(6-8-24(25)26)40-15-5-13-32-21-17-31(11-12-31)41-19-21/h6-10,14,16,18,21,32H,3,5,11-13,15,17,19H2,1-2,4H3/p+1. The minimum atomic E-state index is -0.980. The fraction of sp³-hybridized carbons (Fsp3) is 0.387. The largest absolute Gasteiger partial charge is 0.493 e. The highest BCUT2D eigenvalue weighted by Crippen LogP contribution is 2.47. The first kappa shape index (κ1) is 29.0. The van der Waals surface area contributed by atoms with Gasteiger partial charge in [-0.25, -0.2) is 4.98 Å². The number of pyridine rings is 2. The molecule has 0 radical (unpaired) electrons. The van der Waals surface area contributed by atoms with Crippen molar-refractivity contribution in [3.05, 3.63) is 70.4 Å². The number of fused-ring (bicyclic) bond motifs is 1. The number of carbonyl (C=O) groups excluding carboxylic acids is 1. The Hall–Kier alpha value is -4.05. The summed E-state index contributed by atoms with van der Waals surface area (Å²) in [6, 6.07) is 11.3. The zero-order valence-electron chi connectivity index (χ0n) is 24.6. The number of aromatic nitrogens is 4. The zero-order chi connectivity index (χ0) is 30.1. The Morgan fingerprint density at radius 2 is 2.02 bits per heavy atom. The maximum absolute atomic E-state index is 12.9. The second-order valence-electron chi connectivity index (χ2n) is 11.2. The van der Waals surface area contributed by atoms with Gasteiger partial charge in [-0.05, 0) is 69.5 Å². The number of ether oxygens (including phenoxy) is 3. The van der Waals surface area contributed by atoms with E-state index in [9.17, 15) is 9.59 Å². The summed E-state index contributed by atoms with van der Waals surface area (Å²) in [6.07, 6.45) is 11.6. The highest BCUT2D eigenvalue weighted by Gasteiger charge is 2.49. The average molecular weight is 604 g/mol. The predicted molar refractivity (Wildman–Crippen MR) is 168 cm³/mol. The van der Waals surface area contributed by atoms with E-state index in [1.807, 2.05) is 24.9 Å². The number of rotatable bonds is 11. The molecule has 11 nitrogen and oxygen atoms in total. The Labute approximate surface area is 250 Å². The van der Waals surface area contributed by atoms with E-state index in [0.29, 0.717) is 35.7 Å². The van der Waals surface area contributed by atoms with Crippen molar-refractivity contribution in [2.45, 2.75) is 44.2 Å². The molecule has 12 heteroatoms. The van der Waals surface area contributed by atoms with Crippen molar-refractivity contribution in [3.63, 3.8) is 0 Å². The molecule has 2 fully saturated rings.